The molecule has 0 bridgehead atoms. The fraction of sp³-hybridized carbons (Fsp3) is 0.786. The van der Waals surface area contributed by atoms with Crippen LogP contribution in [0.2, 0.25) is 0 Å². The number of halogens is 1. The summed E-state index contributed by atoms with van der Waals surface area (Å²) in [6.45, 7) is 7.70. The molecule has 0 amide bonds. The Labute approximate surface area is 118 Å². The number of hydrogen-bond donors (Lipinski definition) is 1. The van der Waals surface area contributed by atoms with Gasteiger partial charge in [-0.1, -0.05) is 20.3 Å². The summed E-state index contributed by atoms with van der Waals surface area (Å²) in [6, 6.07) is 0.649. The molecule has 1 atom stereocenters. The van der Waals surface area contributed by atoms with Gasteiger partial charge >= 0.3 is 0 Å². The first-order valence-corrected chi connectivity index (χ1v) is 7.60. The van der Waals surface area contributed by atoms with E-state index in [4.69, 9.17) is 0 Å². The van der Waals surface area contributed by atoms with Crippen LogP contribution in [0.4, 0.5) is 0 Å². The summed E-state index contributed by atoms with van der Waals surface area (Å²) >= 11 is 3.63. The maximum Gasteiger partial charge on any atom is 0.0739 e. The van der Waals surface area contributed by atoms with Crippen molar-refractivity contribution in [2.45, 2.75) is 59.0 Å². The van der Waals surface area contributed by atoms with Crippen molar-refractivity contribution in [2.75, 3.05) is 0 Å². The molecule has 1 saturated carbocycles. The first-order chi connectivity index (χ1) is 8.39. The molecular weight excluding hydrogens is 290 g/mol. The molecule has 1 aliphatic carbocycles. The summed E-state index contributed by atoms with van der Waals surface area (Å²) in [5.41, 5.74) is 2.81. The highest BCUT2D eigenvalue weighted by atomic mass is 79.9. The van der Waals surface area contributed by atoms with Crippen molar-refractivity contribution in [1.29, 1.82) is 0 Å². The minimum Gasteiger partial charge on any atom is -0.308 e. The lowest BCUT2D eigenvalue weighted by atomic mass is 9.75. The van der Waals surface area contributed by atoms with E-state index in [0.717, 1.165) is 16.7 Å². The third kappa shape index (κ3) is 3.15. The third-order valence-electron chi connectivity index (χ3n) is 4.02. The van der Waals surface area contributed by atoms with Crippen LogP contribution >= 0.6 is 15.9 Å². The SMILES string of the molecule is Cc1nn(C)c(CNC2CCCC(C)(C)C2)c1Br. The van der Waals surface area contributed by atoms with Crippen LogP contribution in [0, 0.1) is 12.3 Å². The van der Waals surface area contributed by atoms with Crippen molar-refractivity contribution in [2.24, 2.45) is 12.5 Å². The number of aromatic nitrogens is 2. The fourth-order valence-electron chi connectivity index (χ4n) is 2.99. The van der Waals surface area contributed by atoms with Gasteiger partial charge in [0.1, 0.15) is 0 Å². The van der Waals surface area contributed by atoms with Crippen molar-refractivity contribution in [1.82, 2.24) is 15.1 Å². The van der Waals surface area contributed by atoms with Crippen molar-refractivity contribution >= 4 is 15.9 Å². The summed E-state index contributed by atoms with van der Waals surface area (Å²) in [5, 5.41) is 8.13. The Hall–Kier alpha value is -0.350. The molecule has 0 spiro atoms. The Morgan fingerprint density at radius 2 is 2.22 bits per heavy atom. The first kappa shape index (κ1) is 14.1. The Morgan fingerprint density at radius 3 is 2.78 bits per heavy atom. The van der Waals surface area contributed by atoms with Gasteiger partial charge < -0.3 is 5.32 Å². The van der Waals surface area contributed by atoms with Gasteiger partial charge in [-0.3, -0.25) is 4.68 Å². The van der Waals surface area contributed by atoms with Gasteiger partial charge in [-0.15, -0.1) is 0 Å². The monoisotopic (exact) mass is 313 g/mol. The van der Waals surface area contributed by atoms with Crippen molar-refractivity contribution in [3.63, 3.8) is 0 Å². The lowest BCUT2D eigenvalue weighted by Gasteiger charge is -2.35. The zero-order chi connectivity index (χ0) is 13.3. The summed E-state index contributed by atoms with van der Waals surface area (Å²) in [7, 11) is 2.01. The molecule has 0 aromatic carbocycles. The third-order valence-corrected chi connectivity index (χ3v) is 5.06. The molecule has 2 rings (SSSR count). The number of rotatable bonds is 3. The van der Waals surface area contributed by atoms with Crippen LogP contribution in [0.25, 0.3) is 0 Å². The predicted molar refractivity (Wildman–Crippen MR) is 78.5 cm³/mol. The van der Waals surface area contributed by atoms with Gasteiger partial charge in [0, 0.05) is 19.6 Å². The van der Waals surface area contributed by atoms with Gasteiger partial charge in [0.25, 0.3) is 0 Å². The standard InChI is InChI=1S/C14H24BrN3/c1-10-13(15)12(18(4)17-10)9-16-11-6-5-7-14(2,3)8-11/h11,16H,5-9H2,1-4H3. The van der Waals surface area contributed by atoms with Crippen LogP contribution in [0.1, 0.15) is 50.9 Å². The van der Waals surface area contributed by atoms with E-state index in [1.807, 2.05) is 18.7 Å². The van der Waals surface area contributed by atoms with Gasteiger partial charge in [0.05, 0.1) is 15.9 Å². The highest BCUT2D eigenvalue weighted by Gasteiger charge is 2.27. The Balaban J connectivity index is 1.95. The molecule has 0 radical (unpaired) electrons. The molecule has 1 N–H and O–H groups in total. The second kappa shape index (κ2) is 5.33. The van der Waals surface area contributed by atoms with E-state index in [2.05, 4.69) is 40.2 Å². The molecule has 1 fully saturated rings. The van der Waals surface area contributed by atoms with E-state index < -0.39 is 0 Å². The Morgan fingerprint density at radius 1 is 1.50 bits per heavy atom. The first-order valence-electron chi connectivity index (χ1n) is 6.80. The minimum atomic E-state index is 0.496. The molecule has 102 valence electrons. The van der Waals surface area contributed by atoms with Gasteiger partial charge in [0.2, 0.25) is 0 Å². The lowest BCUT2D eigenvalue weighted by molar-refractivity contribution is 0.197. The normalized spacial score (nSPS) is 23.3. The van der Waals surface area contributed by atoms with Crippen LogP contribution < -0.4 is 5.32 Å². The highest BCUT2D eigenvalue weighted by Crippen LogP contribution is 2.35. The van der Waals surface area contributed by atoms with Crippen LogP contribution in [-0.2, 0) is 13.6 Å². The fourth-order valence-corrected chi connectivity index (χ4v) is 3.46. The van der Waals surface area contributed by atoms with E-state index in [9.17, 15) is 0 Å². The zero-order valence-corrected chi connectivity index (χ0v) is 13.5. The lowest BCUT2D eigenvalue weighted by Crippen LogP contribution is -2.37. The molecule has 18 heavy (non-hydrogen) atoms. The quantitative estimate of drug-likeness (QED) is 0.925. The second-order valence-corrected chi connectivity index (χ2v) is 7.10. The van der Waals surface area contributed by atoms with E-state index in [1.165, 1.54) is 31.4 Å². The molecule has 1 aromatic heterocycles. The van der Waals surface area contributed by atoms with Crippen LogP contribution in [0.3, 0.4) is 0 Å². The number of nitrogens with zero attached hydrogens (tertiary/aromatic N) is 2. The largest absolute Gasteiger partial charge is 0.308 e. The highest BCUT2D eigenvalue weighted by molar-refractivity contribution is 9.10. The molecule has 0 aliphatic heterocycles. The van der Waals surface area contributed by atoms with Gasteiger partial charge in [-0.2, -0.15) is 5.10 Å². The summed E-state index contributed by atoms with van der Waals surface area (Å²) < 4.78 is 3.12. The van der Waals surface area contributed by atoms with Crippen molar-refractivity contribution < 1.29 is 0 Å². The van der Waals surface area contributed by atoms with E-state index in [-0.39, 0.29) is 0 Å². The maximum absolute atomic E-state index is 4.43. The average molecular weight is 314 g/mol. The van der Waals surface area contributed by atoms with Crippen LogP contribution in [-0.4, -0.2) is 15.8 Å². The molecular formula is C14H24BrN3. The zero-order valence-electron chi connectivity index (χ0n) is 11.9. The molecule has 1 aliphatic rings. The maximum atomic E-state index is 4.43. The topological polar surface area (TPSA) is 29.9 Å². The molecule has 1 unspecified atom stereocenters. The van der Waals surface area contributed by atoms with E-state index in [0.29, 0.717) is 11.5 Å². The molecule has 3 nitrogen and oxygen atoms in total. The smallest absolute Gasteiger partial charge is 0.0739 e. The van der Waals surface area contributed by atoms with Gasteiger partial charge in [-0.05, 0) is 47.5 Å². The van der Waals surface area contributed by atoms with E-state index >= 15 is 0 Å². The van der Waals surface area contributed by atoms with Gasteiger partial charge in [-0.25, -0.2) is 0 Å². The number of aryl methyl sites for hydroxylation is 2. The Bertz CT molecular complexity index is 423. The number of nitrogens with one attached hydrogen (secondary N) is 1. The van der Waals surface area contributed by atoms with Crippen LogP contribution in [0.15, 0.2) is 4.47 Å². The molecule has 1 aromatic rings. The second-order valence-electron chi connectivity index (χ2n) is 6.31. The van der Waals surface area contributed by atoms with Crippen LogP contribution in [0.5, 0.6) is 0 Å². The predicted octanol–water partition coefficient (Wildman–Crippen LogP) is 3.55. The number of hydrogen-bond acceptors (Lipinski definition) is 2. The molecule has 1 heterocycles. The van der Waals surface area contributed by atoms with Crippen molar-refractivity contribution in [3.05, 3.63) is 15.9 Å². The average Bonchev–Trinajstić information content (AvgIpc) is 2.50. The minimum absolute atomic E-state index is 0.496. The molecule has 4 heteroatoms. The van der Waals surface area contributed by atoms with Gasteiger partial charge in [0.15, 0.2) is 0 Å². The summed E-state index contributed by atoms with van der Waals surface area (Å²) in [4.78, 5) is 0. The summed E-state index contributed by atoms with van der Waals surface area (Å²) in [5.74, 6) is 0. The molecule has 0 saturated heterocycles. The van der Waals surface area contributed by atoms with Crippen molar-refractivity contribution in [3.8, 4) is 0 Å². The van der Waals surface area contributed by atoms with E-state index in [1.54, 1.807) is 0 Å². The summed E-state index contributed by atoms with van der Waals surface area (Å²) in [6.07, 6.45) is 5.29. The Kier molecular flexibility index (Phi) is 4.17.